The molecule has 0 spiro atoms. The molecule has 0 bridgehead atoms. The summed E-state index contributed by atoms with van der Waals surface area (Å²) in [6.45, 7) is 0.0321. The van der Waals surface area contributed by atoms with Gasteiger partial charge in [-0.1, -0.05) is 43.5 Å². The third-order valence-electron chi connectivity index (χ3n) is 7.42. The van der Waals surface area contributed by atoms with Crippen LogP contribution < -0.4 is 0 Å². The predicted octanol–water partition coefficient (Wildman–Crippen LogP) is 5.96. The van der Waals surface area contributed by atoms with Crippen molar-refractivity contribution < 1.29 is 22.6 Å². The zero-order valence-corrected chi connectivity index (χ0v) is 18.7. The van der Waals surface area contributed by atoms with Crippen LogP contribution in [0.5, 0.6) is 0 Å². The highest BCUT2D eigenvalue weighted by Crippen LogP contribution is 2.43. The molecule has 178 valence electrons. The molecule has 8 heteroatoms. The van der Waals surface area contributed by atoms with Gasteiger partial charge in [0.25, 0.3) is 0 Å². The van der Waals surface area contributed by atoms with Crippen molar-refractivity contribution in [2.45, 2.75) is 69.2 Å². The Morgan fingerprint density at radius 1 is 1.09 bits per heavy atom. The maximum Gasteiger partial charge on any atom is 0.394 e. The highest BCUT2D eigenvalue weighted by molar-refractivity contribution is 6.12. The molecule has 1 aromatic rings. The number of amidine groups is 1. The van der Waals surface area contributed by atoms with E-state index in [9.17, 15) is 13.2 Å². The lowest BCUT2D eigenvalue weighted by atomic mass is 9.85. The van der Waals surface area contributed by atoms with Crippen LogP contribution >= 0.6 is 0 Å². The monoisotopic (exact) mass is 469 g/mol. The Balaban J connectivity index is 1.25. The predicted molar refractivity (Wildman–Crippen MR) is 124 cm³/mol. The molecule has 0 N–H and O–H groups in total. The van der Waals surface area contributed by atoms with Crippen molar-refractivity contribution in [2.24, 2.45) is 20.9 Å². The number of hydrogen-bond acceptors (Lipinski definition) is 5. The van der Waals surface area contributed by atoms with Gasteiger partial charge in [0.1, 0.15) is 0 Å². The normalized spacial score (nSPS) is 28.6. The van der Waals surface area contributed by atoms with Gasteiger partial charge >= 0.3 is 6.18 Å². The molecule has 3 aliphatic carbocycles. The molecular formula is C26H26F3N3O2. The van der Waals surface area contributed by atoms with Crippen LogP contribution in [0.25, 0.3) is 6.08 Å². The summed E-state index contributed by atoms with van der Waals surface area (Å²) in [5.41, 5.74) is 4.53. The molecule has 5 aliphatic rings. The summed E-state index contributed by atoms with van der Waals surface area (Å²) in [5.74, 6) is -0.630. The largest absolute Gasteiger partial charge is 0.454 e. The summed E-state index contributed by atoms with van der Waals surface area (Å²) >= 11 is 0. The molecule has 3 unspecified atom stereocenters. The van der Waals surface area contributed by atoms with Crippen LogP contribution in [0.4, 0.5) is 13.2 Å². The number of nitrogens with zero attached hydrogens (tertiary/aromatic N) is 3. The minimum Gasteiger partial charge on any atom is -0.454 e. The van der Waals surface area contributed by atoms with E-state index in [1.807, 2.05) is 30.5 Å². The summed E-state index contributed by atoms with van der Waals surface area (Å²) in [5, 5.41) is 0. The molecule has 3 atom stereocenters. The van der Waals surface area contributed by atoms with Gasteiger partial charge in [-0.15, -0.1) is 0 Å². The van der Waals surface area contributed by atoms with Crippen LogP contribution in [0.3, 0.4) is 0 Å². The number of aliphatic imine (C=N–C) groups is 3. The van der Waals surface area contributed by atoms with Gasteiger partial charge in [-0.25, -0.2) is 4.99 Å². The molecule has 2 heterocycles. The fourth-order valence-corrected chi connectivity index (χ4v) is 5.56. The fourth-order valence-electron chi connectivity index (χ4n) is 5.56. The van der Waals surface area contributed by atoms with Crippen LogP contribution in [0.15, 0.2) is 50.5 Å². The van der Waals surface area contributed by atoms with Crippen LogP contribution in [0.1, 0.15) is 67.6 Å². The van der Waals surface area contributed by atoms with Gasteiger partial charge in [0, 0.05) is 17.4 Å². The number of ether oxygens (including phenoxy) is 2. The van der Waals surface area contributed by atoms with Crippen molar-refractivity contribution in [3.63, 3.8) is 0 Å². The fraction of sp³-hybridized carbons (Fsp3) is 0.500. The highest BCUT2D eigenvalue weighted by Gasteiger charge is 2.48. The first-order valence-electron chi connectivity index (χ1n) is 12.0. The van der Waals surface area contributed by atoms with Gasteiger partial charge in [-0.3, -0.25) is 4.99 Å². The minimum atomic E-state index is -4.35. The van der Waals surface area contributed by atoms with E-state index in [0.29, 0.717) is 11.4 Å². The summed E-state index contributed by atoms with van der Waals surface area (Å²) in [7, 11) is 0. The first kappa shape index (κ1) is 21.8. The number of benzene rings is 1. The Bertz CT molecular complexity index is 1140. The molecule has 1 aromatic carbocycles. The van der Waals surface area contributed by atoms with E-state index in [-0.39, 0.29) is 37.5 Å². The van der Waals surface area contributed by atoms with E-state index < -0.39 is 18.2 Å². The van der Waals surface area contributed by atoms with Crippen LogP contribution in [0.2, 0.25) is 0 Å². The van der Waals surface area contributed by atoms with E-state index in [0.717, 1.165) is 54.5 Å². The van der Waals surface area contributed by atoms with Crippen LogP contribution in [-0.4, -0.2) is 43.1 Å². The van der Waals surface area contributed by atoms with Crippen LogP contribution in [-0.2, 0) is 9.47 Å². The van der Waals surface area contributed by atoms with E-state index in [4.69, 9.17) is 9.47 Å². The second kappa shape index (κ2) is 8.48. The Morgan fingerprint density at radius 2 is 1.94 bits per heavy atom. The third kappa shape index (κ3) is 3.91. The first-order chi connectivity index (χ1) is 16.5. The van der Waals surface area contributed by atoms with Gasteiger partial charge < -0.3 is 9.47 Å². The molecule has 6 rings (SSSR count). The summed E-state index contributed by atoms with van der Waals surface area (Å²) in [4.78, 5) is 13.3. The van der Waals surface area contributed by atoms with Crippen molar-refractivity contribution in [1.29, 1.82) is 0 Å². The average molecular weight is 470 g/mol. The lowest BCUT2D eigenvalue weighted by Gasteiger charge is -2.36. The Labute approximate surface area is 196 Å². The Morgan fingerprint density at radius 3 is 2.71 bits per heavy atom. The maximum absolute atomic E-state index is 14.0. The molecular weight excluding hydrogens is 443 g/mol. The summed E-state index contributed by atoms with van der Waals surface area (Å²) < 4.78 is 53.7. The molecule has 1 fully saturated rings. The molecule has 0 amide bonds. The molecule has 5 nitrogen and oxygen atoms in total. The quantitative estimate of drug-likeness (QED) is 0.547. The Hall–Kier alpha value is -2.74. The molecule has 0 radical (unpaired) electrons. The standard InChI is InChI=1S/C26H26F3N3O2/c27-26(28,29)21-11-15(9-10-23(21)34-16-5-2-1-3-6-16)25-32-24(31-14-33-25)18-8-4-7-17-19(18)12-22-20(17)13-30-22/h4,7-9,12-13,16,20-21,23H,1-3,5-6,10-11,14H2. The number of alkyl halides is 3. The highest BCUT2D eigenvalue weighted by atomic mass is 19.4. The minimum absolute atomic E-state index is 0.0321. The molecule has 34 heavy (non-hydrogen) atoms. The third-order valence-corrected chi connectivity index (χ3v) is 7.42. The number of allylic oxidation sites excluding steroid dienone is 1. The van der Waals surface area contributed by atoms with Gasteiger partial charge in [-0.05, 0) is 42.9 Å². The van der Waals surface area contributed by atoms with Crippen molar-refractivity contribution >= 4 is 24.0 Å². The lowest BCUT2D eigenvalue weighted by molar-refractivity contribution is -0.216. The maximum atomic E-state index is 14.0. The van der Waals surface area contributed by atoms with Gasteiger partial charge in [0.15, 0.2) is 12.6 Å². The summed E-state index contributed by atoms with van der Waals surface area (Å²) in [6.07, 6.45) is 5.35. The second-order valence-electron chi connectivity index (χ2n) is 9.56. The van der Waals surface area contributed by atoms with Crippen molar-refractivity contribution in [2.75, 3.05) is 6.73 Å². The number of halogens is 3. The number of hydrogen-bond donors (Lipinski definition) is 0. The Kier molecular flexibility index (Phi) is 5.43. The number of rotatable bonds is 4. The van der Waals surface area contributed by atoms with E-state index in [1.54, 1.807) is 0 Å². The zero-order chi connectivity index (χ0) is 23.3. The summed E-state index contributed by atoms with van der Waals surface area (Å²) in [6, 6.07) is 5.96. The second-order valence-corrected chi connectivity index (χ2v) is 9.56. The van der Waals surface area contributed by atoms with Crippen molar-refractivity contribution in [3.05, 3.63) is 52.2 Å². The average Bonchev–Trinajstić information content (AvgIpc) is 3.08. The van der Waals surface area contributed by atoms with E-state index >= 15 is 0 Å². The van der Waals surface area contributed by atoms with Gasteiger partial charge in [-0.2, -0.15) is 18.2 Å². The lowest BCUT2D eigenvalue weighted by Crippen LogP contribution is -2.41. The first-order valence-corrected chi connectivity index (χ1v) is 12.0. The molecule has 2 aliphatic heterocycles. The smallest absolute Gasteiger partial charge is 0.394 e. The van der Waals surface area contributed by atoms with E-state index in [1.165, 1.54) is 0 Å². The van der Waals surface area contributed by atoms with Crippen molar-refractivity contribution in [1.82, 2.24) is 0 Å². The molecule has 0 saturated heterocycles. The van der Waals surface area contributed by atoms with E-state index in [2.05, 4.69) is 21.0 Å². The number of fused-ring (bicyclic) bond motifs is 3. The van der Waals surface area contributed by atoms with Gasteiger partial charge in [0.05, 0.1) is 29.7 Å². The molecule has 0 aromatic heterocycles. The van der Waals surface area contributed by atoms with Crippen LogP contribution in [0, 0.1) is 5.92 Å². The van der Waals surface area contributed by atoms with Crippen molar-refractivity contribution in [3.8, 4) is 0 Å². The van der Waals surface area contributed by atoms with Gasteiger partial charge in [0.2, 0.25) is 5.90 Å². The SMILES string of the molecule is FC(F)(F)C1CC(C2=NC(c3cccc4c3C=C3N=CC34)=NCO2)=CCC1OC1CCCCC1. The zero-order valence-electron chi connectivity index (χ0n) is 18.7. The topological polar surface area (TPSA) is 55.5 Å². The molecule has 1 saturated carbocycles.